The molecule has 3 rings (SSSR count). The molecule has 0 radical (unpaired) electrons. The van der Waals surface area contributed by atoms with Crippen LogP contribution in [0.3, 0.4) is 0 Å². The topological polar surface area (TPSA) is 45.2 Å². The summed E-state index contributed by atoms with van der Waals surface area (Å²) < 4.78 is 0. The molecule has 21 heavy (non-hydrogen) atoms. The minimum Gasteiger partial charge on any atom is -0.387 e. The molecule has 0 spiro atoms. The van der Waals surface area contributed by atoms with E-state index in [1.54, 1.807) is 12.4 Å². The molecule has 0 amide bonds. The zero-order chi connectivity index (χ0) is 14.8. The Morgan fingerprint density at radius 1 is 1.10 bits per heavy atom. The van der Waals surface area contributed by atoms with Crippen LogP contribution in [0.25, 0.3) is 0 Å². The lowest BCUT2D eigenvalue weighted by molar-refractivity contribution is 0.133. The lowest BCUT2D eigenvalue weighted by atomic mass is 9.78. The monoisotopic (exact) mass is 328 g/mol. The first-order valence-corrected chi connectivity index (χ1v) is 8.62. The predicted octanol–water partition coefficient (Wildman–Crippen LogP) is 3.98. The van der Waals surface area contributed by atoms with Crippen molar-refractivity contribution in [2.75, 3.05) is 6.54 Å². The number of hydrogen-bond acceptors (Lipinski definition) is 3. The SMILES string of the molecule is O[C@@H](c1c(Cl)cncc1Cl)[C@@H]1C[C@@H](C2CCCCC2)CN1. The zero-order valence-electron chi connectivity index (χ0n) is 12.1. The van der Waals surface area contributed by atoms with E-state index in [0.717, 1.165) is 18.9 Å². The maximum Gasteiger partial charge on any atom is 0.0973 e. The molecule has 1 saturated heterocycles. The highest BCUT2D eigenvalue weighted by Gasteiger charge is 2.36. The van der Waals surface area contributed by atoms with E-state index in [9.17, 15) is 5.11 Å². The Hall–Kier alpha value is -0.350. The van der Waals surface area contributed by atoms with E-state index in [1.165, 1.54) is 32.1 Å². The maximum atomic E-state index is 10.6. The number of aliphatic hydroxyl groups excluding tert-OH is 1. The van der Waals surface area contributed by atoms with Gasteiger partial charge in [-0.1, -0.05) is 55.3 Å². The first-order chi connectivity index (χ1) is 10.2. The Morgan fingerprint density at radius 3 is 2.43 bits per heavy atom. The highest BCUT2D eigenvalue weighted by atomic mass is 35.5. The van der Waals surface area contributed by atoms with E-state index in [2.05, 4.69) is 10.3 Å². The van der Waals surface area contributed by atoms with Crippen molar-refractivity contribution in [1.29, 1.82) is 0 Å². The molecule has 0 bridgehead atoms. The Morgan fingerprint density at radius 2 is 1.76 bits per heavy atom. The molecule has 1 aliphatic heterocycles. The fourth-order valence-electron chi connectivity index (χ4n) is 3.91. The summed E-state index contributed by atoms with van der Waals surface area (Å²) in [7, 11) is 0. The van der Waals surface area contributed by atoms with Gasteiger partial charge in [0.1, 0.15) is 0 Å². The molecule has 2 fully saturated rings. The summed E-state index contributed by atoms with van der Waals surface area (Å²) in [6.45, 7) is 0.993. The number of nitrogens with one attached hydrogen (secondary N) is 1. The second-order valence-corrected chi connectivity index (χ2v) is 7.18. The molecule has 2 N–H and O–H groups in total. The molecule has 0 aromatic carbocycles. The van der Waals surface area contributed by atoms with Crippen LogP contribution in [-0.4, -0.2) is 22.7 Å². The molecule has 1 aromatic heterocycles. The van der Waals surface area contributed by atoms with Gasteiger partial charge in [-0.2, -0.15) is 0 Å². The van der Waals surface area contributed by atoms with Crippen LogP contribution in [0.1, 0.15) is 50.2 Å². The van der Waals surface area contributed by atoms with Crippen molar-refractivity contribution in [3.63, 3.8) is 0 Å². The third kappa shape index (κ3) is 3.37. The van der Waals surface area contributed by atoms with Gasteiger partial charge in [0, 0.05) is 24.0 Å². The Labute approximate surface area is 136 Å². The van der Waals surface area contributed by atoms with E-state index in [-0.39, 0.29) is 6.04 Å². The second kappa shape index (κ2) is 6.82. The van der Waals surface area contributed by atoms with Gasteiger partial charge in [-0.05, 0) is 24.8 Å². The van der Waals surface area contributed by atoms with Crippen molar-refractivity contribution < 1.29 is 5.11 Å². The Balaban J connectivity index is 1.68. The molecular weight excluding hydrogens is 307 g/mol. The highest BCUT2D eigenvalue weighted by Crippen LogP contribution is 2.39. The highest BCUT2D eigenvalue weighted by molar-refractivity contribution is 6.35. The van der Waals surface area contributed by atoms with E-state index in [0.29, 0.717) is 21.5 Å². The number of halogens is 2. The van der Waals surface area contributed by atoms with Crippen molar-refractivity contribution in [3.8, 4) is 0 Å². The normalized spacial score (nSPS) is 28.7. The lowest BCUT2D eigenvalue weighted by Crippen LogP contribution is -2.29. The number of hydrogen-bond donors (Lipinski definition) is 2. The smallest absolute Gasteiger partial charge is 0.0973 e. The molecule has 0 unspecified atom stereocenters. The molecule has 1 aliphatic carbocycles. The summed E-state index contributed by atoms with van der Waals surface area (Å²) in [5, 5.41) is 15.0. The lowest BCUT2D eigenvalue weighted by Gasteiger charge is -2.27. The fourth-order valence-corrected chi connectivity index (χ4v) is 4.49. The summed E-state index contributed by atoms with van der Waals surface area (Å²) in [6.07, 6.45) is 10.2. The van der Waals surface area contributed by atoms with E-state index < -0.39 is 6.10 Å². The van der Waals surface area contributed by atoms with Gasteiger partial charge < -0.3 is 10.4 Å². The van der Waals surface area contributed by atoms with Gasteiger partial charge in [0.05, 0.1) is 16.1 Å². The van der Waals surface area contributed by atoms with Crippen LogP contribution < -0.4 is 5.32 Å². The minimum atomic E-state index is -0.665. The largest absolute Gasteiger partial charge is 0.387 e. The number of rotatable bonds is 3. The molecule has 5 heteroatoms. The van der Waals surface area contributed by atoms with Gasteiger partial charge in [-0.3, -0.25) is 4.98 Å². The number of aromatic nitrogens is 1. The fraction of sp³-hybridized carbons (Fsp3) is 0.688. The number of aliphatic hydroxyl groups is 1. The van der Waals surface area contributed by atoms with E-state index in [1.807, 2.05) is 0 Å². The van der Waals surface area contributed by atoms with Crippen LogP contribution in [-0.2, 0) is 0 Å². The van der Waals surface area contributed by atoms with Gasteiger partial charge in [0.2, 0.25) is 0 Å². The van der Waals surface area contributed by atoms with Crippen LogP contribution in [0.15, 0.2) is 12.4 Å². The molecule has 1 saturated carbocycles. The third-order valence-electron chi connectivity index (χ3n) is 5.08. The first kappa shape index (κ1) is 15.5. The van der Waals surface area contributed by atoms with Gasteiger partial charge in [-0.25, -0.2) is 0 Å². The maximum absolute atomic E-state index is 10.6. The van der Waals surface area contributed by atoms with E-state index in [4.69, 9.17) is 23.2 Å². The third-order valence-corrected chi connectivity index (χ3v) is 5.69. The van der Waals surface area contributed by atoms with Crippen LogP contribution in [0, 0.1) is 11.8 Å². The van der Waals surface area contributed by atoms with E-state index >= 15 is 0 Å². The molecule has 116 valence electrons. The van der Waals surface area contributed by atoms with Gasteiger partial charge in [-0.15, -0.1) is 0 Å². The summed E-state index contributed by atoms with van der Waals surface area (Å²) in [4.78, 5) is 3.95. The summed E-state index contributed by atoms with van der Waals surface area (Å²) in [5.74, 6) is 1.48. The first-order valence-electron chi connectivity index (χ1n) is 7.87. The van der Waals surface area contributed by atoms with Crippen molar-refractivity contribution in [1.82, 2.24) is 10.3 Å². The average molecular weight is 329 g/mol. The summed E-state index contributed by atoms with van der Waals surface area (Å²) in [5.41, 5.74) is 0.607. The van der Waals surface area contributed by atoms with Crippen LogP contribution in [0.4, 0.5) is 0 Å². The molecule has 3 atom stereocenters. The van der Waals surface area contributed by atoms with Crippen molar-refractivity contribution in [2.45, 2.75) is 50.7 Å². The Kier molecular flexibility index (Phi) is 5.05. The zero-order valence-corrected chi connectivity index (χ0v) is 13.6. The van der Waals surface area contributed by atoms with Crippen LogP contribution in [0.2, 0.25) is 10.0 Å². The standard InChI is InChI=1S/C16H22Cl2N2O/c17-12-8-19-9-13(18)15(12)16(21)14-6-11(7-20-14)10-4-2-1-3-5-10/h8-11,14,16,20-21H,1-7H2/t11-,14+,16-/m1/s1. The van der Waals surface area contributed by atoms with Crippen LogP contribution in [0.5, 0.6) is 0 Å². The molecular formula is C16H22Cl2N2O. The molecule has 3 nitrogen and oxygen atoms in total. The summed E-state index contributed by atoms with van der Waals surface area (Å²) >= 11 is 12.3. The van der Waals surface area contributed by atoms with Crippen molar-refractivity contribution in [2.24, 2.45) is 11.8 Å². The van der Waals surface area contributed by atoms with Crippen molar-refractivity contribution >= 4 is 23.2 Å². The average Bonchev–Trinajstić information content (AvgIpc) is 2.97. The molecule has 2 heterocycles. The van der Waals surface area contributed by atoms with Crippen molar-refractivity contribution in [3.05, 3.63) is 28.0 Å². The Bertz CT molecular complexity index is 471. The summed E-state index contributed by atoms with van der Waals surface area (Å²) in [6, 6.07) is 0.0364. The van der Waals surface area contributed by atoms with Gasteiger partial charge in [0.15, 0.2) is 0 Å². The van der Waals surface area contributed by atoms with Gasteiger partial charge in [0.25, 0.3) is 0 Å². The van der Waals surface area contributed by atoms with Crippen LogP contribution >= 0.6 is 23.2 Å². The number of pyridine rings is 1. The molecule has 2 aliphatic rings. The van der Waals surface area contributed by atoms with Gasteiger partial charge >= 0.3 is 0 Å². The number of nitrogens with zero attached hydrogens (tertiary/aromatic N) is 1. The minimum absolute atomic E-state index is 0.0364. The molecule has 1 aromatic rings. The second-order valence-electron chi connectivity index (χ2n) is 6.37. The quantitative estimate of drug-likeness (QED) is 0.882. The predicted molar refractivity (Wildman–Crippen MR) is 85.7 cm³/mol.